The second-order valence-electron chi connectivity index (χ2n) is 6.61. The molecule has 0 saturated carbocycles. The van der Waals surface area contributed by atoms with Crippen molar-refractivity contribution in [3.05, 3.63) is 64.9 Å². The summed E-state index contributed by atoms with van der Waals surface area (Å²) < 4.78 is 2.16. The average molecular weight is 354 g/mol. The third-order valence-corrected chi connectivity index (χ3v) is 5.24. The Balaban J connectivity index is 1.59. The highest BCUT2D eigenvalue weighted by Crippen LogP contribution is 2.29. The maximum Gasteiger partial charge on any atom is 0.253 e. The lowest BCUT2D eigenvalue weighted by Gasteiger charge is -2.32. The summed E-state index contributed by atoms with van der Waals surface area (Å²) in [5.74, 6) is 1.40. The number of para-hydroxylation sites is 2. The molecule has 1 aromatic heterocycles. The first kappa shape index (κ1) is 16.2. The summed E-state index contributed by atoms with van der Waals surface area (Å²) in [6.45, 7) is 1.50. The average Bonchev–Trinajstić information content (AvgIpc) is 2.99. The number of fused-ring (bicyclic) bond motifs is 1. The van der Waals surface area contributed by atoms with Crippen molar-refractivity contribution in [3.8, 4) is 0 Å². The standard InChI is InChI=1S/C20H20ClN3O/c1-23-18-7-3-2-6-17(18)22-19(23)15-5-4-12-24(13-15)20(25)14-8-10-16(21)11-9-14/h2-3,6-11,15H,4-5,12-13H2,1H3. The summed E-state index contributed by atoms with van der Waals surface area (Å²) in [6, 6.07) is 15.3. The van der Waals surface area contributed by atoms with Crippen LogP contribution in [0.3, 0.4) is 0 Å². The van der Waals surface area contributed by atoms with Gasteiger partial charge in [0.1, 0.15) is 5.82 Å². The summed E-state index contributed by atoms with van der Waals surface area (Å²) in [6.07, 6.45) is 2.05. The van der Waals surface area contributed by atoms with Gasteiger partial charge >= 0.3 is 0 Å². The van der Waals surface area contributed by atoms with E-state index in [0.717, 1.165) is 36.2 Å². The van der Waals surface area contributed by atoms with Crippen molar-refractivity contribution in [1.29, 1.82) is 0 Å². The molecule has 3 aromatic rings. The van der Waals surface area contributed by atoms with E-state index in [1.54, 1.807) is 24.3 Å². The number of imidazole rings is 1. The van der Waals surface area contributed by atoms with Gasteiger partial charge in [-0.3, -0.25) is 4.79 Å². The molecule has 1 atom stereocenters. The van der Waals surface area contributed by atoms with E-state index in [1.807, 2.05) is 23.1 Å². The Morgan fingerprint density at radius 3 is 2.68 bits per heavy atom. The molecule has 0 radical (unpaired) electrons. The van der Waals surface area contributed by atoms with Crippen LogP contribution >= 0.6 is 11.6 Å². The van der Waals surface area contributed by atoms with E-state index in [-0.39, 0.29) is 11.8 Å². The number of nitrogens with zero attached hydrogens (tertiary/aromatic N) is 3. The Hall–Kier alpha value is -2.33. The molecule has 2 heterocycles. The molecule has 1 aliphatic heterocycles. The van der Waals surface area contributed by atoms with E-state index in [4.69, 9.17) is 16.6 Å². The van der Waals surface area contributed by atoms with Gasteiger partial charge in [0.2, 0.25) is 0 Å². The molecule has 1 aliphatic rings. The molecule has 1 amide bonds. The minimum absolute atomic E-state index is 0.0696. The van der Waals surface area contributed by atoms with Crippen molar-refractivity contribution in [2.45, 2.75) is 18.8 Å². The number of hydrogen-bond donors (Lipinski definition) is 0. The van der Waals surface area contributed by atoms with Crippen LogP contribution in [-0.4, -0.2) is 33.4 Å². The van der Waals surface area contributed by atoms with Crippen molar-refractivity contribution in [1.82, 2.24) is 14.5 Å². The monoisotopic (exact) mass is 353 g/mol. The number of hydrogen-bond acceptors (Lipinski definition) is 2. The maximum atomic E-state index is 12.8. The Labute approximate surface area is 152 Å². The third-order valence-electron chi connectivity index (χ3n) is 4.99. The first-order valence-corrected chi connectivity index (χ1v) is 8.97. The molecule has 0 aliphatic carbocycles. The van der Waals surface area contributed by atoms with Crippen LogP contribution in [-0.2, 0) is 7.05 Å². The van der Waals surface area contributed by atoms with Crippen LogP contribution in [0.25, 0.3) is 11.0 Å². The first-order chi connectivity index (χ1) is 12.1. The number of aromatic nitrogens is 2. The first-order valence-electron chi connectivity index (χ1n) is 8.59. The highest BCUT2D eigenvalue weighted by molar-refractivity contribution is 6.30. The normalized spacial score (nSPS) is 17.8. The zero-order valence-corrected chi connectivity index (χ0v) is 14.9. The highest BCUT2D eigenvalue weighted by atomic mass is 35.5. The fourth-order valence-corrected chi connectivity index (χ4v) is 3.80. The summed E-state index contributed by atoms with van der Waals surface area (Å²) in [7, 11) is 2.06. The number of rotatable bonds is 2. The second kappa shape index (κ2) is 6.52. The van der Waals surface area contributed by atoms with Crippen molar-refractivity contribution in [2.24, 2.45) is 7.05 Å². The van der Waals surface area contributed by atoms with E-state index >= 15 is 0 Å². The van der Waals surface area contributed by atoms with Crippen LogP contribution in [0, 0.1) is 0 Å². The molecular weight excluding hydrogens is 334 g/mol. The van der Waals surface area contributed by atoms with Gasteiger partial charge in [0.05, 0.1) is 11.0 Å². The predicted octanol–water partition coefficient (Wildman–Crippen LogP) is 4.25. The van der Waals surface area contributed by atoms with Gasteiger partial charge in [-0.25, -0.2) is 4.98 Å². The molecular formula is C20H20ClN3O. The third kappa shape index (κ3) is 3.02. The summed E-state index contributed by atoms with van der Waals surface area (Å²) in [5.41, 5.74) is 2.84. The van der Waals surface area contributed by atoms with E-state index < -0.39 is 0 Å². The smallest absolute Gasteiger partial charge is 0.253 e. The van der Waals surface area contributed by atoms with Crippen LogP contribution in [0.15, 0.2) is 48.5 Å². The summed E-state index contributed by atoms with van der Waals surface area (Å²) in [5, 5.41) is 0.646. The van der Waals surface area contributed by atoms with Crippen molar-refractivity contribution < 1.29 is 4.79 Å². The van der Waals surface area contributed by atoms with Crippen LogP contribution in [0.5, 0.6) is 0 Å². The molecule has 4 rings (SSSR count). The molecule has 128 valence electrons. The molecule has 2 aromatic carbocycles. The van der Waals surface area contributed by atoms with Gasteiger partial charge in [0.15, 0.2) is 0 Å². The van der Waals surface area contributed by atoms with Crippen LogP contribution in [0.4, 0.5) is 0 Å². The SMILES string of the molecule is Cn1c(C2CCCN(C(=O)c3ccc(Cl)cc3)C2)nc2ccccc21. The lowest BCUT2D eigenvalue weighted by atomic mass is 9.96. The van der Waals surface area contributed by atoms with Gasteiger partial charge in [-0.05, 0) is 49.2 Å². The zero-order valence-electron chi connectivity index (χ0n) is 14.2. The van der Waals surface area contributed by atoms with Gasteiger partial charge in [0.25, 0.3) is 5.91 Å². The number of amides is 1. The van der Waals surface area contributed by atoms with Crippen LogP contribution < -0.4 is 0 Å². The predicted molar refractivity (Wildman–Crippen MR) is 100 cm³/mol. The quantitative estimate of drug-likeness (QED) is 0.691. The number of aryl methyl sites for hydroxylation is 1. The fraction of sp³-hybridized carbons (Fsp3) is 0.300. The number of likely N-dealkylation sites (tertiary alicyclic amines) is 1. The molecule has 1 saturated heterocycles. The Morgan fingerprint density at radius 2 is 1.92 bits per heavy atom. The van der Waals surface area contributed by atoms with Gasteiger partial charge in [0, 0.05) is 36.6 Å². The summed E-state index contributed by atoms with van der Waals surface area (Å²) >= 11 is 5.93. The topological polar surface area (TPSA) is 38.1 Å². The van der Waals surface area contributed by atoms with Gasteiger partial charge < -0.3 is 9.47 Å². The molecule has 0 spiro atoms. The fourth-order valence-electron chi connectivity index (χ4n) is 3.68. The molecule has 1 fully saturated rings. The summed E-state index contributed by atoms with van der Waals surface area (Å²) in [4.78, 5) is 19.6. The van der Waals surface area contributed by atoms with Gasteiger partial charge in [-0.1, -0.05) is 23.7 Å². The van der Waals surface area contributed by atoms with E-state index in [2.05, 4.69) is 17.7 Å². The minimum Gasteiger partial charge on any atom is -0.338 e. The molecule has 1 unspecified atom stereocenters. The highest BCUT2D eigenvalue weighted by Gasteiger charge is 2.28. The zero-order chi connectivity index (χ0) is 17.4. The molecule has 5 heteroatoms. The van der Waals surface area contributed by atoms with Crippen molar-refractivity contribution >= 4 is 28.5 Å². The van der Waals surface area contributed by atoms with E-state index in [0.29, 0.717) is 17.1 Å². The lowest BCUT2D eigenvalue weighted by molar-refractivity contribution is 0.0704. The van der Waals surface area contributed by atoms with E-state index in [1.165, 1.54) is 0 Å². The molecule has 25 heavy (non-hydrogen) atoms. The molecule has 0 bridgehead atoms. The van der Waals surface area contributed by atoms with Crippen molar-refractivity contribution in [2.75, 3.05) is 13.1 Å². The van der Waals surface area contributed by atoms with E-state index in [9.17, 15) is 4.79 Å². The van der Waals surface area contributed by atoms with Crippen LogP contribution in [0.1, 0.15) is 34.9 Å². The lowest BCUT2D eigenvalue weighted by Crippen LogP contribution is -2.39. The van der Waals surface area contributed by atoms with Crippen molar-refractivity contribution in [3.63, 3.8) is 0 Å². The Kier molecular flexibility index (Phi) is 4.22. The number of carbonyl (C=O) groups is 1. The maximum absolute atomic E-state index is 12.8. The van der Waals surface area contributed by atoms with Gasteiger partial charge in [-0.15, -0.1) is 0 Å². The minimum atomic E-state index is 0.0696. The Bertz CT molecular complexity index is 916. The largest absolute Gasteiger partial charge is 0.338 e. The second-order valence-corrected chi connectivity index (χ2v) is 7.05. The van der Waals surface area contributed by atoms with Gasteiger partial charge in [-0.2, -0.15) is 0 Å². The number of halogens is 1. The Morgan fingerprint density at radius 1 is 1.16 bits per heavy atom. The number of piperidine rings is 1. The number of benzene rings is 2. The van der Waals surface area contributed by atoms with Crippen LogP contribution in [0.2, 0.25) is 5.02 Å². The number of carbonyl (C=O) groups excluding carboxylic acids is 1. The molecule has 0 N–H and O–H groups in total. The molecule has 4 nitrogen and oxygen atoms in total.